The molecule has 0 saturated heterocycles. The first-order valence-electron chi connectivity index (χ1n) is 8.24. The van der Waals surface area contributed by atoms with Gasteiger partial charge >= 0.3 is 0 Å². The minimum Gasteiger partial charge on any atom is -0.502 e. The summed E-state index contributed by atoms with van der Waals surface area (Å²) < 4.78 is 28.2. The van der Waals surface area contributed by atoms with Crippen molar-refractivity contribution in [2.45, 2.75) is 12.3 Å². The zero-order chi connectivity index (χ0) is 19.4. The summed E-state index contributed by atoms with van der Waals surface area (Å²) >= 11 is 0. The smallest absolute Gasteiger partial charge is 0.227 e. The Morgan fingerprint density at radius 2 is 1.63 bits per heavy atom. The van der Waals surface area contributed by atoms with Crippen LogP contribution in [0.4, 0.5) is 5.69 Å². The fraction of sp³-hybridized carbons (Fsp3) is 0.150. The summed E-state index contributed by atoms with van der Waals surface area (Å²) in [6.45, 7) is 0.178. The van der Waals surface area contributed by atoms with E-state index in [4.69, 9.17) is 4.42 Å². The van der Waals surface area contributed by atoms with Gasteiger partial charge in [0.25, 0.3) is 0 Å². The highest BCUT2D eigenvalue weighted by Crippen LogP contribution is 2.22. The fourth-order valence-electron chi connectivity index (χ4n) is 2.61. The molecule has 0 amide bonds. The van der Waals surface area contributed by atoms with Crippen molar-refractivity contribution in [1.82, 2.24) is 0 Å². The van der Waals surface area contributed by atoms with Gasteiger partial charge in [-0.25, -0.2) is 8.42 Å². The van der Waals surface area contributed by atoms with E-state index in [9.17, 15) is 18.3 Å². The van der Waals surface area contributed by atoms with E-state index in [0.717, 1.165) is 29.1 Å². The average Bonchev–Trinajstić information content (AvgIpc) is 2.64. The number of aromatic hydroxyl groups is 1. The van der Waals surface area contributed by atoms with Crippen molar-refractivity contribution >= 4 is 15.5 Å². The van der Waals surface area contributed by atoms with E-state index < -0.39 is 26.8 Å². The average molecular weight is 385 g/mol. The predicted molar refractivity (Wildman–Crippen MR) is 104 cm³/mol. The van der Waals surface area contributed by atoms with Crippen molar-refractivity contribution in [3.8, 4) is 16.9 Å². The van der Waals surface area contributed by atoms with Gasteiger partial charge in [-0.15, -0.1) is 0 Å². The van der Waals surface area contributed by atoms with Crippen molar-refractivity contribution < 1.29 is 17.9 Å². The third-order valence-corrected chi connectivity index (χ3v) is 4.68. The lowest BCUT2D eigenvalue weighted by atomic mass is 10.1. The van der Waals surface area contributed by atoms with Crippen LogP contribution in [-0.4, -0.2) is 19.8 Å². The molecule has 27 heavy (non-hydrogen) atoms. The van der Waals surface area contributed by atoms with E-state index in [1.165, 1.54) is 0 Å². The first kappa shape index (κ1) is 18.7. The van der Waals surface area contributed by atoms with Gasteiger partial charge < -0.3 is 14.8 Å². The summed E-state index contributed by atoms with van der Waals surface area (Å²) in [7, 11) is -3.44. The minimum atomic E-state index is -3.44. The third-order valence-electron chi connectivity index (χ3n) is 3.90. The van der Waals surface area contributed by atoms with Gasteiger partial charge in [0.2, 0.25) is 11.2 Å². The number of sulfone groups is 1. The molecule has 7 heteroatoms. The number of benzene rings is 2. The van der Waals surface area contributed by atoms with E-state index in [-0.39, 0.29) is 18.1 Å². The molecule has 140 valence electrons. The number of anilines is 1. The molecule has 0 spiro atoms. The molecule has 0 aliphatic heterocycles. The Labute approximate surface area is 157 Å². The van der Waals surface area contributed by atoms with Crippen molar-refractivity contribution in [3.05, 3.63) is 82.4 Å². The predicted octanol–water partition coefficient (Wildman–Crippen LogP) is 3.17. The fourth-order valence-corrected chi connectivity index (χ4v) is 3.28. The van der Waals surface area contributed by atoms with E-state index in [1.54, 1.807) is 0 Å². The van der Waals surface area contributed by atoms with Crippen LogP contribution in [0.5, 0.6) is 5.75 Å². The topological polar surface area (TPSA) is 96.6 Å². The number of rotatable bonds is 6. The molecule has 3 aromatic rings. The maximum Gasteiger partial charge on any atom is 0.227 e. The standard InChI is InChI=1S/C20H19NO5S/c1-27(24,25)13-19-20(23)18(22)11-17(26-19)12-21-16-9-7-15(8-10-16)14-5-3-2-4-6-14/h2-11,21,23H,12-13H2,1H3. The minimum absolute atomic E-state index is 0.178. The lowest BCUT2D eigenvalue weighted by molar-refractivity contribution is 0.391. The highest BCUT2D eigenvalue weighted by molar-refractivity contribution is 7.89. The molecule has 1 heterocycles. The largest absolute Gasteiger partial charge is 0.502 e. The van der Waals surface area contributed by atoms with Gasteiger partial charge in [0.15, 0.2) is 15.6 Å². The normalized spacial score (nSPS) is 11.3. The molecule has 2 N–H and O–H groups in total. The number of nitrogens with one attached hydrogen (secondary N) is 1. The summed E-state index contributed by atoms with van der Waals surface area (Å²) in [4.78, 5) is 11.8. The molecule has 3 rings (SSSR count). The zero-order valence-electron chi connectivity index (χ0n) is 14.7. The molecular weight excluding hydrogens is 366 g/mol. The first-order valence-corrected chi connectivity index (χ1v) is 10.3. The Bertz CT molecular complexity index is 1090. The van der Waals surface area contributed by atoms with Crippen LogP contribution >= 0.6 is 0 Å². The Kier molecular flexibility index (Phi) is 5.32. The lowest BCUT2D eigenvalue weighted by Gasteiger charge is -2.09. The molecule has 0 aliphatic carbocycles. The summed E-state index contributed by atoms with van der Waals surface area (Å²) in [5, 5.41) is 12.8. The van der Waals surface area contributed by atoms with Crippen LogP contribution in [0.25, 0.3) is 11.1 Å². The van der Waals surface area contributed by atoms with E-state index >= 15 is 0 Å². The van der Waals surface area contributed by atoms with Gasteiger partial charge in [0, 0.05) is 18.0 Å². The highest BCUT2D eigenvalue weighted by Gasteiger charge is 2.16. The van der Waals surface area contributed by atoms with Crippen LogP contribution in [0.2, 0.25) is 0 Å². The van der Waals surface area contributed by atoms with Crippen molar-refractivity contribution in [3.63, 3.8) is 0 Å². The van der Waals surface area contributed by atoms with E-state index in [0.29, 0.717) is 0 Å². The molecule has 0 fully saturated rings. The monoisotopic (exact) mass is 385 g/mol. The van der Waals surface area contributed by atoms with E-state index in [2.05, 4.69) is 5.32 Å². The number of hydrogen-bond donors (Lipinski definition) is 2. The molecule has 0 aliphatic rings. The van der Waals surface area contributed by atoms with Crippen molar-refractivity contribution in [2.75, 3.05) is 11.6 Å². The maximum atomic E-state index is 11.8. The van der Waals surface area contributed by atoms with Gasteiger partial charge in [-0.3, -0.25) is 4.79 Å². The SMILES string of the molecule is CS(=O)(=O)Cc1oc(CNc2ccc(-c3ccccc3)cc2)cc(=O)c1O. The van der Waals surface area contributed by atoms with Crippen molar-refractivity contribution in [2.24, 2.45) is 0 Å². The molecule has 6 nitrogen and oxygen atoms in total. The molecular formula is C20H19NO5S. The second kappa shape index (κ2) is 7.67. The molecule has 0 bridgehead atoms. The van der Waals surface area contributed by atoms with E-state index in [1.807, 2.05) is 54.6 Å². The van der Waals surface area contributed by atoms with Crippen molar-refractivity contribution in [1.29, 1.82) is 0 Å². The molecule has 0 unspecified atom stereocenters. The summed E-state index contributed by atoms with van der Waals surface area (Å²) in [5.41, 5.74) is 2.33. The molecule has 0 saturated carbocycles. The summed E-state index contributed by atoms with van der Waals surface area (Å²) in [6, 6.07) is 18.9. The Hall–Kier alpha value is -3.06. The van der Waals surface area contributed by atoms with Crippen LogP contribution in [0, 0.1) is 0 Å². The Balaban J connectivity index is 1.74. The molecule has 2 aromatic carbocycles. The Morgan fingerprint density at radius 1 is 1.00 bits per heavy atom. The quantitative estimate of drug-likeness (QED) is 0.677. The van der Waals surface area contributed by atoms with Gasteiger partial charge in [-0.1, -0.05) is 42.5 Å². The maximum absolute atomic E-state index is 11.8. The van der Waals surface area contributed by atoms with Crippen LogP contribution < -0.4 is 10.7 Å². The first-order chi connectivity index (χ1) is 12.8. The molecule has 1 aromatic heterocycles. The van der Waals surface area contributed by atoms with Crippen LogP contribution in [-0.2, 0) is 22.1 Å². The van der Waals surface area contributed by atoms with Crippen LogP contribution in [0.1, 0.15) is 11.5 Å². The molecule has 0 atom stereocenters. The number of hydrogen-bond acceptors (Lipinski definition) is 6. The summed E-state index contributed by atoms with van der Waals surface area (Å²) in [5.74, 6) is -1.21. The zero-order valence-corrected chi connectivity index (χ0v) is 15.5. The Morgan fingerprint density at radius 3 is 2.26 bits per heavy atom. The van der Waals surface area contributed by atoms with Crippen LogP contribution in [0.15, 0.2) is 69.9 Å². The lowest BCUT2D eigenvalue weighted by Crippen LogP contribution is -2.10. The van der Waals surface area contributed by atoms with Gasteiger partial charge in [0.05, 0.1) is 6.54 Å². The summed E-state index contributed by atoms with van der Waals surface area (Å²) in [6.07, 6.45) is 1.01. The molecule has 0 radical (unpaired) electrons. The highest BCUT2D eigenvalue weighted by atomic mass is 32.2. The second-order valence-electron chi connectivity index (χ2n) is 6.22. The van der Waals surface area contributed by atoms with Gasteiger partial charge in [-0.05, 0) is 23.3 Å². The second-order valence-corrected chi connectivity index (χ2v) is 8.36. The van der Waals surface area contributed by atoms with Gasteiger partial charge in [-0.2, -0.15) is 0 Å². The third kappa shape index (κ3) is 4.98. The van der Waals surface area contributed by atoms with Gasteiger partial charge in [0.1, 0.15) is 11.5 Å². The van der Waals surface area contributed by atoms with Crippen LogP contribution in [0.3, 0.4) is 0 Å².